The van der Waals surface area contributed by atoms with Crippen LogP contribution < -0.4 is 10.0 Å². The molecule has 0 radical (unpaired) electrons. The minimum absolute atomic E-state index is 0.106. The summed E-state index contributed by atoms with van der Waals surface area (Å²) in [6, 6.07) is 4.88. The van der Waals surface area contributed by atoms with Crippen LogP contribution >= 0.6 is 0 Å². The standard InChI is InChI=1S/C13H19F3N2O2S/c1-10(17-8-3-9-18-21(2,19)20)11-4-6-12(7-5-11)13(14,15)16/h4-7,10,17-18H,3,8-9H2,1-2H3. The van der Waals surface area contributed by atoms with Gasteiger partial charge in [0.1, 0.15) is 0 Å². The zero-order valence-electron chi connectivity index (χ0n) is 11.9. The van der Waals surface area contributed by atoms with Crippen molar-refractivity contribution in [3.05, 3.63) is 35.4 Å². The first-order chi connectivity index (χ1) is 9.59. The minimum Gasteiger partial charge on any atom is -0.310 e. The molecule has 0 spiro atoms. The molecule has 0 fully saturated rings. The molecule has 0 heterocycles. The number of hydrogen-bond donors (Lipinski definition) is 2. The SMILES string of the molecule is CC(NCCCNS(C)(=O)=O)c1ccc(C(F)(F)F)cc1. The third-order valence-electron chi connectivity index (χ3n) is 2.91. The molecule has 0 aliphatic carbocycles. The molecule has 1 atom stereocenters. The van der Waals surface area contributed by atoms with Crippen LogP contribution in [0.2, 0.25) is 0 Å². The molecule has 0 saturated heterocycles. The van der Waals surface area contributed by atoms with E-state index in [1.165, 1.54) is 12.1 Å². The lowest BCUT2D eigenvalue weighted by atomic mass is 10.1. The maximum Gasteiger partial charge on any atom is 0.416 e. The Morgan fingerprint density at radius 2 is 1.71 bits per heavy atom. The summed E-state index contributed by atoms with van der Waals surface area (Å²) in [7, 11) is -3.18. The van der Waals surface area contributed by atoms with E-state index in [1.54, 1.807) is 0 Å². The van der Waals surface area contributed by atoms with Crippen LogP contribution in [0.15, 0.2) is 24.3 Å². The Morgan fingerprint density at radius 1 is 1.14 bits per heavy atom. The van der Waals surface area contributed by atoms with E-state index in [0.29, 0.717) is 19.5 Å². The van der Waals surface area contributed by atoms with Gasteiger partial charge in [-0.15, -0.1) is 0 Å². The monoisotopic (exact) mass is 324 g/mol. The van der Waals surface area contributed by atoms with Crippen molar-refractivity contribution in [3.8, 4) is 0 Å². The second-order valence-electron chi connectivity index (χ2n) is 4.82. The molecule has 1 aromatic rings. The van der Waals surface area contributed by atoms with Crippen LogP contribution in [0, 0.1) is 0 Å². The van der Waals surface area contributed by atoms with Crippen molar-refractivity contribution >= 4 is 10.0 Å². The molecule has 2 N–H and O–H groups in total. The Morgan fingerprint density at radius 3 is 2.19 bits per heavy atom. The zero-order valence-corrected chi connectivity index (χ0v) is 12.7. The van der Waals surface area contributed by atoms with E-state index < -0.39 is 21.8 Å². The first-order valence-corrected chi connectivity index (χ1v) is 8.34. The molecule has 4 nitrogen and oxygen atoms in total. The molecule has 0 aliphatic rings. The first kappa shape index (κ1) is 17.9. The molecule has 0 saturated carbocycles. The Balaban J connectivity index is 2.40. The van der Waals surface area contributed by atoms with Crippen LogP contribution in [-0.4, -0.2) is 27.8 Å². The summed E-state index contributed by atoms with van der Waals surface area (Å²) in [5.74, 6) is 0. The Kier molecular flexibility index (Phi) is 6.18. The second kappa shape index (κ2) is 7.24. The van der Waals surface area contributed by atoms with Crippen molar-refractivity contribution in [2.45, 2.75) is 25.6 Å². The summed E-state index contributed by atoms with van der Waals surface area (Å²) < 4.78 is 61.3. The number of halogens is 3. The largest absolute Gasteiger partial charge is 0.416 e. The quantitative estimate of drug-likeness (QED) is 0.757. The predicted octanol–water partition coefficient (Wildman–Crippen LogP) is 2.30. The molecule has 120 valence electrons. The lowest BCUT2D eigenvalue weighted by Crippen LogP contribution is -2.27. The van der Waals surface area contributed by atoms with Crippen molar-refractivity contribution in [2.24, 2.45) is 0 Å². The number of alkyl halides is 3. The summed E-state index contributed by atoms with van der Waals surface area (Å²) in [5, 5.41) is 3.13. The number of hydrogen-bond acceptors (Lipinski definition) is 3. The van der Waals surface area contributed by atoms with Gasteiger partial charge in [-0.1, -0.05) is 12.1 Å². The number of rotatable bonds is 7. The highest BCUT2D eigenvalue weighted by atomic mass is 32.2. The van der Waals surface area contributed by atoms with Crippen molar-refractivity contribution in [1.82, 2.24) is 10.0 Å². The van der Waals surface area contributed by atoms with Gasteiger partial charge in [0.25, 0.3) is 0 Å². The van der Waals surface area contributed by atoms with Crippen molar-refractivity contribution in [3.63, 3.8) is 0 Å². The highest BCUT2D eigenvalue weighted by molar-refractivity contribution is 7.88. The van der Waals surface area contributed by atoms with Gasteiger partial charge >= 0.3 is 6.18 Å². The van der Waals surface area contributed by atoms with Crippen LogP contribution in [0.25, 0.3) is 0 Å². The van der Waals surface area contributed by atoms with Crippen molar-refractivity contribution < 1.29 is 21.6 Å². The van der Waals surface area contributed by atoms with Crippen LogP contribution in [0.1, 0.15) is 30.5 Å². The van der Waals surface area contributed by atoms with Gasteiger partial charge in [-0.2, -0.15) is 13.2 Å². The molecule has 0 amide bonds. The van der Waals surface area contributed by atoms with Crippen LogP contribution in [-0.2, 0) is 16.2 Å². The molecule has 0 aromatic heterocycles. The maximum absolute atomic E-state index is 12.4. The van der Waals surface area contributed by atoms with Gasteiger partial charge in [0.15, 0.2) is 0 Å². The van der Waals surface area contributed by atoms with Crippen LogP contribution in [0.5, 0.6) is 0 Å². The average molecular weight is 324 g/mol. The van der Waals surface area contributed by atoms with Gasteiger partial charge in [-0.05, 0) is 37.6 Å². The molecular formula is C13H19F3N2O2S. The van der Waals surface area contributed by atoms with E-state index in [-0.39, 0.29) is 6.04 Å². The normalized spacial score (nSPS) is 14.1. The maximum atomic E-state index is 12.4. The van der Waals surface area contributed by atoms with Crippen molar-refractivity contribution in [1.29, 1.82) is 0 Å². The van der Waals surface area contributed by atoms with E-state index in [2.05, 4.69) is 10.0 Å². The van der Waals surface area contributed by atoms with Crippen molar-refractivity contribution in [2.75, 3.05) is 19.3 Å². The molecule has 8 heteroatoms. The van der Waals surface area contributed by atoms with E-state index in [1.807, 2.05) is 6.92 Å². The Hall–Kier alpha value is -1.12. The number of nitrogens with one attached hydrogen (secondary N) is 2. The highest BCUT2D eigenvalue weighted by Gasteiger charge is 2.30. The minimum atomic E-state index is -4.33. The molecule has 1 aromatic carbocycles. The van der Waals surface area contributed by atoms with E-state index in [9.17, 15) is 21.6 Å². The average Bonchev–Trinajstić information content (AvgIpc) is 2.36. The van der Waals surface area contributed by atoms with E-state index in [4.69, 9.17) is 0 Å². The summed E-state index contributed by atoms with van der Waals surface area (Å²) in [4.78, 5) is 0. The first-order valence-electron chi connectivity index (χ1n) is 6.45. The number of benzene rings is 1. The number of sulfonamides is 1. The second-order valence-corrected chi connectivity index (χ2v) is 6.65. The fourth-order valence-electron chi connectivity index (χ4n) is 1.74. The summed E-state index contributed by atoms with van der Waals surface area (Å²) >= 11 is 0. The topological polar surface area (TPSA) is 58.2 Å². The highest BCUT2D eigenvalue weighted by Crippen LogP contribution is 2.29. The van der Waals surface area contributed by atoms with Gasteiger partial charge in [0.05, 0.1) is 11.8 Å². The summed E-state index contributed by atoms with van der Waals surface area (Å²) in [6.07, 6.45) is -2.64. The van der Waals surface area contributed by atoms with E-state index >= 15 is 0 Å². The lowest BCUT2D eigenvalue weighted by molar-refractivity contribution is -0.137. The van der Waals surface area contributed by atoms with Gasteiger partial charge in [-0.3, -0.25) is 0 Å². The Labute approximate surface area is 122 Å². The van der Waals surface area contributed by atoms with Crippen LogP contribution in [0.4, 0.5) is 13.2 Å². The zero-order chi connectivity index (χ0) is 16.1. The Bertz CT molecular complexity index is 542. The molecule has 21 heavy (non-hydrogen) atoms. The molecule has 1 unspecified atom stereocenters. The van der Waals surface area contributed by atoms with Gasteiger partial charge in [-0.25, -0.2) is 13.1 Å². The molecule has 0 bridgehead atoms. The summed E-state index contributed by atoms with van der Waals surface area (Å²) in [5.41, 5.74) is 0.0786. The van der Waals surface area contributed by atoms with Gasteiger partial charge in [0.2, 0.25) is 10.0 Å². The van der Waals surface area contributed by atoms with Gasteiger partial charge in [0, 0.05) is 12.6 Å². The molecule has 1 rings (SSSR count). The fraction of sp³-hybridized carbons (Fsp3) is 0.538. The van der Waals surface area contributed by atoms with Crippen LogP contribution in [0.3, 0.4) is 0 Å². The lowest BCUT2D eigenvalue weighted by Gasteiger charge is -2.15. The fourth-order valence-corrected chi connectivity index (χ4v) is 2.26. The van der Waals surface area contributed by atoms with Gasteiger partial charge < -0.3 is 5.32 Å². The third-order valence-corrected chi connectivity index (χ3v) is 3.63. The smallest absolute Gasteiger partial charge is 0.310 e. The summed E-state index contributed by atoms with van der Waals surface area (Å²) in [6.45, 7) is 2.73. The van der Waals surface area contributed by atoms with E-state index in [0.717, 1.165) is 24.0 Å². The molecule has 0 aliphatic heterocycles. The predicted molar refractivity (Wildman–Crippen MR) is 75.3 cm³/mol. The third kappa shape index (κ3) is 6.92. The molecular weight excluding hydrogens is 305 g/mol.